The van der Waals surface area contributed by atoms with E-state index in [1.54, 1.807) is 0 Å². The molecule has 1 aromatic rings. The highest BCUT2D eigenvalue weighted by atomic mass is 16.2. The number of nitrogens with zero attached hydrogens (tertiary/aromatic N) is 2. The molecule has 1 aliphatic carbocycles. The average molecular weight is 324 g/mol. The van der Waals surface area contributed by atoms with E-state index in [-0.39, 0.29) is 0 Å². The molecule has 3 aliphatic rings. The van der Waals surface area contributed by atoms with Crippen LogP contribution in [0.1, 0.15) is 30.4 Å². The predicted octanol–water partition coefficient (Wildman–Crippen LogP) is 3.20. The van der Waals surface area contributed by atoms with Crippen LogP contribution in [-0.4, -0.2) is 48.4 Å². The molecule has 0 aromatic heterocycles. The zero-order valence-electron chi connectivity index (χ0n) is 14.7. The summed E-state index contributed by atoms with van der Waals surface area (Å²) < 4.78 is 0. The fourth-order valence-electron chi connectivity index (χ4n) is 4.18. The second-order valence-electron chi connectivity index (χ2n) is 7.94. The quantitative estimate of drug-likeness (QED) is 0.849. The molecular formula is C21H28N2O. The highest BCUT2D eigenvalue weighted by Crippen LogP contribution is 2.44. The Bertz CT molecular complexity index is 603. The minimum atomic E-state index is 0.345. The Morgan fingerprint density at radius 3 is 2.46 bits per heavy atom. The molecule has 2 saturated heterocycles. The van der Waals surface area contributed by atoms with Crippen molar-refractivity contribution in [3.8, 4) is 0 Å². The summed E-state index contributed by atoms with van der Waals surface area (Å²) in [5.74, 6) is 2.78. The molecule has 2 atom stereocenters. The first-order valence-electron chi connectivity index (χ1n) is 9.42. The van der Waals surface area contributed by atoms with E-state index in [9.17, 15) is 4.79 Å². The number of piperidine rings is 2. The first-order chi connectivity index (χ1) is 11.7. The molecule has 24 heavy (non-hydrogen) atoms. The molecule has 3 fully saturated rings. The van der Waals surface area contributed by atoms with E-state index in [1.165, 1.54) is 17.5 Å². The number of fused-ring (bicyclic) bond motifs is 1. The number of hydrogen-bond donors (Lipinski definition) is 0. The molecule has 3 nitrogen and oxygen atoms in total. The summed E-state index contributed by atoms with van der Waals surface area (Å²) in [6.07, 6.45) is 8.17. The van der Waals surface area contributed by atoms with Gasteiger partial charge < -0.3 is 4.90 Å². The number of hydrogen-bond acceptors (Lipinski definition) is 2. The van der Waals surface area contributed by atoms with Crippen LogP contribution < -0.4 is 0 Å². The Balaban J connectivity index is 1.22. The summed E-state index contributed by atoms with van der Waals surface area (Å²) in [4.78, 5) is 16.9. The summed E-state index contributed by atoms with van der Waals surface area (Å²) in [5.41, 5.74) is 2.57. The lowest BCUT2D eigenvalue weighted by molar-refractivity contribution is -0.133. The third-order valence-corrected chi connectivity index (χ3v) is 5.94. The summed E-state index contributed by atoms with van der Waals surface area (Å²) in [7, 11) is 0. The molecule has 2 aliphatic heterocycles. The van der Waals surface area contributed by atoms with Gasteiger partial charge in [0.15, 0.2) is 0 Å². The maximum absolute atomic E-state index is 12.5. The van der Waals surface area contributed by atoms with Gasteiger partial charge in [-0.3, -0.25) is 9.69 Å². The number of benzene rings is 1. The topological polar surface area (TPSA) is 23.6 Å². The lowest BCUT2D eigenvalue weighted by Gasteiger charge is -2.32. The number of carbonyl (C=O) groups excluding carboxylic acids is 1. The lowest BCUT2D eigenvalue weighted by atomic mass is 9.95. The zero-order valence-corrected chi connectivity index (χ0v) is 14.7. The molecule has 1 amide bonds. The molecule has 128 valence electrons. The van der Waals surface area contributed by atoms with Gasteiger partial charge in [0.25, 0.3) is 0 Å². The fourth-order valence-corrected chi connectivity index (χ4v) is 4.18. The zero-order chi connectivity index (χ0) is 16.5. The van der Waals surface area contributed by atoms with Crippen LogP contribution in [0.5, 0.6) is 0 Å². The summed E-state index contributed by atoms with van der Waals surface area (Å²) >= 11 is 0. The van der Waals surface area contributed by atoms with Crippen LogP contribution in [0.15, 0.2) is 30.3 Å². The Morgan fingerprint density at radius 1 is 1.12 bits per heavy atom. The molecule has 2 heterocycles. The maximum Gasteiger partial charge on any atom is 0.236 e. The molecule has 4 rings (SSSR count). The largest absolute Gasteiger partial charge is 0.342 e. The number of aryl methyl sites for hydroxylation is 1. The van der Waals surface area contributed by atoms with Gasteiger partial charge in [0.2, 0.25) is 5.91 Å². The van der Waals surface area contributed by atoms with Crippen molar-refractivity contribution in [3.63, 3.8) is 0 Å². The van der Waals surface area contributed by atoms with Gasteiger partial charge in [0.05, 0.1) is 6.54 Å². The molecule has 3 heteroatoms. The number of rotatable bonds is 4. The van der Waals surface area contributed by atoms with Gasteiger partial charge in [0, 0.05) is 26.2 Å². The predicted molar refractivity (Wildman–Crippen MR) is 97.6 cm³/mol. The fraction of sp³-hybridized carbons (Fsp3) is 0.571. The molecule has 0 radical (unpaired) electrons. The Hall–Kier alpha value is -1.61. The van der Waals surface area contributed by atoms with E-state index >= 15 is 0 Å². The van der Waals surface area contributed by atoms with E-state index in [4.69, 9.17) is 0 Å². The molecule has 0 bridgehead atoms. The highest BCUT2D eigenvalue weighted by molar-refractivity contribution is 5.78. The van der Waals surface area contributed by atoms with E-state index in [0.717, 1.165) is 50.9 Å². The van der Waals surface area contributed by atoms with Gasteiger partial charge in [-0.05, 0) is 49.5 Å². The van der Waals surface area contributed by atoms with Crippen LogP contribution in [0, 0.1) is 24.7 Å². The normalized spacial score (nSPS) is 27.6. The van der Waals surface area contributed by atoms with E-state index in [2.05, 4.69) is 53.1 Å². The van der Waals surface area contributed by atoms with Crippen molar-refractivity contribution in [1.82, 2.24) is 9.80 Å². The van der Waals surface area contributed by atoms with Crippen LogP contribution in [0.3, 0.4) is 0 Å². The minimum absolute atomic E-state index is 0.345. The van der Waals surface area contributed by atoms with Crippen molar-refractivity contribution in [2.75, 3.05) is 32.7 Å². The van der Waals surface area contributed by atoms with Gasteiger partial charge >= 0.3 is 0 Å². The first-order valence-corrected chi connectivity index (χ1v) is 9.42. The van der Waals surface area contributed by atoms with Crippen molar-refractivity contribution in [2.45, 2.75) is 26.2 Å². The number of likely N-dealkylation sites (tertiary alicyclic amines) is 2. The Morgan fingerprint density at radius 2 is 1.79 bits per heavy atom. The third-order valence-electron chi connectivity index (χ3n) is 5.94. The Labute approximate surface area is 145 Å². The number of allylic oxidation sites excluding steroid dienone is 1. The van der Waals surface area contributed by atoms with Crippen LogP contribution >= 0.6 is 0 Å². The lowest BCUT2D eigenvalue weighted by Crippen LogP contribution is -2.43. The maximum atomic E-state index is 12.5. The van der Waals surface area contributed by atoms with Gasteiger partial charge in [-0.1, -0.05) is 42.0 Å². The van der Waals surface area contributed by atoms with E-state index in [1.807, 2.05) is 0 Å². The SMILES string of the molecule is Cc1ccc(C=CC2CCN(C(=O)CN3CC4CC4C3)CC2)cc1. The van der Waals surface area contributed by atoms with Crippen molar-refractivity contribution < 1.29 is 4.79 Å². The molecule has 2 unspecified atom stereocenters. The Kier molecular flexibility index (Phi) is 4.45. The molecule has 1 aromatic carbocycles. The first kappa shape index (κ1) is 15.9. The van der Waals surface area contributed by atoms with Gasteiger partial charge in [-0.2, -0.15) is 0 Å². The monoisotopic (exact) mass is 324 g/mol. The third kappa shape index (κ3) is 3.72. The van der Waals surface area contributed by atoms with Crippen molar-refractivity contribution in [1.29, 1.82) is 0 Å². The molecule has 1 saturated carbocycles. The van der Waals surface area contributed by atoms with Gasteiger partial charge in [-0.15, -0.1) is 0 Å². The second kappa shape index (κ2) is 6.72. The van der Waals surface area contributed by atoms with Gasteiger partial charge in [0.1, 0.15) is 0 Å². The minimum Gasteiger partial charge on any atom is -0.342 e. The van der Waals surface area contributed by atoms with Crippen molar-refractivity contribution in [3.05, 3.63) is 41.5 Å². The van der Waals surface area contributed by atoms with Crippen LogP contribution in [-0.2, 0) is 4.79 Å². The van der Waals surface area contributed by atoms with Crippen LogP contribution in [0.25, 0.3) is 6.08 Å². The van der Waals surface area contributed by atoms with E-state index < -0.39 is 0 Å². The molecule has 0 N–H and O–H groups in total. The standard InChI is InChI=1S/C21H28N2O/c1-16-2-4-17(5-3-16)6-7-18-8-10-23(11-9-18)21(24)15-22-13-19-12-20(19)14-22/h2-7,18-20H,8-15H2,1H3. The highest BCUT2D eigenvalue weighted by Gasteiger charge is 2.45. The van der Waals surface area contributed by atoms with Crippen molar-refractivity contribution >= 4 is 12.0 Å². The van der Waals surface area contributed by atoms with Gasteiger partial charge in [-0.25, -0.2) is 0 Å². The molecule has 0 spiro atoms. The van der Waals surface area contributed by atoms with E-state index in [0.29, 0.717) is 18.4 Å². The summed E-state index contributed by atoms with van der Waals surface area (Å²) in [6, 6.07) is 8.66. The molecular weight excluding hydrogens is 296 g/mol. The number of carbonyl (C=O) groups is 1. The number of amides is 1. The second-order valence-corrected chi connectivity index (χ2v) is 7.94. The average Bonchev–Trinajstić information content (AvgIpc) is 3.21. The van der Waals surface area contributed by atoms with Crippen LogP contribution in [0.2, 0.25) is 0 Å². The summed E-state index contributed by atoms with van der Waals surface area (Å²) in [6.45, 7) is 6.92. The van der Waals surface area contributed by atoms with Crippen LogP contribution in [0.4, 0.5) is 0 Å². The smallest absolute Gasteiger partial charge is 0.236 e. The van der Waals surface area contributed by atoms with Crippen molar-refractivity contribution in [2.24, 2.45) is 17.8 Å². The summed E-state index contributed by atoms with van der Waals surface area (Å²) in [5, 5.41) is 0.